The van der Waals surface area contributed by atoms with Crippen LogP contribution >= 0.6 is 23.2 Å². The number of anilines is 3. The second kappa shape index (κ2) is 12.2. The van der Waals surface area contributed by atoms with E-state index in [1.54, 1.807) is 53.2 Å². The number of ether oxygens (including phenoxy) is 1. The highest BCUT2D eigenvalue weighted by Gasteiger charge is 2.22. The largest absolute Gasteiger partial charge is 0.464 e. The molecule has 0 radical (unpaired) electrons. The first-order valence-corrected chi connectivity index (χ1v) is 12.5. The van der Waals surface area contributed by atoms with E-state index in [0.717, 1.165) is 18.8 Å². The lowest BCUT2D eigenvalue weighted by Gasteiger charge is -2.31. The van der Waals surface area contributed by atoms with E-state index < -0.39 is 12.0 Å². The van der Waals surface area contributed by atoms with Crippen LogP contribution in [-0.2, 0) is 4.74 Å². The molecule has 1 aromatic heterocycles. The Bertz CT molecular complexity index is 1200. The summed E-state index contributed by atoms with van der Waals surface area (Å²) < 4.78 is 6.60. The molecule has 7 nitrogen and oxygen atoms in total. The molecule has 192 valence electrons. The summed E-state index contributed by atoms with van der Waals surface area (Å²) in [6.45, 7) is 10.1. The van der Waals surface area contributed by atoms with Crippen LogP contribution in [0.15, 0.2) is 54.7 Å². The Labute approximate surface area is 222 Å². The van der Waals surface area contributed by atoms with Crippen molar-refractivity contribution in [2.24, 2.45) is 11.8 Å². The molecule has 3 aromatic rings. The van der Waals surface area contributed by atoms with Crippen LogP contribution in [0.2, 0.25) is 10.0 Å². The standard InChI is InChI=1S/C27H32Cl2N4O3/c1-17(2)15-32(16-18(3)4)25-22(29)13-21(33-12-6-7-24(33)26(34)36-5)14-23(25)31-27(35)30-20-10-8-19(28)9-11-20/h6-14,17-18H,15-16H2,1-5H3,(H2,30,31,35). The van der Waals surface area contributed by atoms with Gasteiger partial charge in [0.15, 0.2) is 0 Å². The summed E-state index contributed by atoms with van der Waals surface area (Å²) in [5.41, 5.74) is 2.81. The second-order valence-electron chi connectivity index (χ2n) is 9.36. The number of nitrogens with one attached hydrogen (secondary N) is 2. The molecule has 0 saturated carbocycles. The molecule has 2 aromatic carbocycles. The number of carbonyl (C=O) groups excluding carboxylic acids is 2. The molecule has 0 spiro atoms. The summed E-state index contributed by atoms with van der Waals surface area (Å²) >= 11 is 12.8. The van der Waals surface area contributed by atoms with E-state index in [1.165, 1.54) is 7.11 Å². The smallest absolute Gasteiger partial charge is 0.355 e. The minimum atomic E-state index is -0.476. The Balaban J connectivity index is 2.07. The van der Waals surface area contributed by atoms with Gasteiger partial charge in [0.05, 0.1) is 23.5 Å². The lowest BCUT2D eigenvalue weighted by atomic mass is 10.1. The maximum absolute atomic E-state index is 13.0. The molecule has 2 amide bonds. The number of amides is 2. The molecule has 0 atom stereocenters. The van der Waals surface area contributed by atoms with Crippen molar-refractivity contribution < 1.29 is 14.3 Å². The van der Waals surface area contributed by atoms with Gasteiger partial charge >= 0.3 is 12.0 Å². The van der Waals surface area contributed by atoms with Crippen LogP contribution in [0.3, 0.4) is 0 Å². The van der Waals surface area contributed by atoms with Gasteiger partial charge in [-0.05, 0) is 60.4 Å². The molecule has 9 heteroatoms. The summed E-state index contributed by atoms with van der Waals surface area (Å²) in [5.74, 6) is 0.257. The van der Waals surface area contributed by atoms with Gasteiger partial charge in [-0.1, -0.05) is 50.9 Å². The van der Waals surface area contributed by atoms with Gasteiger partial charge in [0.25, 0.3) is 0 Å². The van der Waals surface area contributed by atoms with Crippen LogP contribution in [0.25, 0.3) is 5.69 Å². The molecule has 0 unspecified atom stereocenters. The van der Waals surface area contributed by atoms with Crippen LogP contribution in [0.5, 0.6) is 0 Å². The van der Waals surface area contributed by atoms with E-state index in [9.17, 15) is 9.59 Å². The van der Waals surface area contributed by atoms with Gasteiger partial charge in [-0.15, -0.1) is 0 Å². The predicted molar refractivity (Wildman–Crippen MR) is 148 cm³/mol. The Morgan fingerprint density at radius 1 is 0.972 bits per heavy atom. The molecule has 0 saturated heterocycles. The highest BCUT2D eigenvalue weighted by Crippen LogP contribution is 2.38. The van der Waals surface area contributed by atoms with E-state index in [2.05, 4.69) is 43.2 Å². The Morgan fingerprint density at radius 3 is 2.19 bits per heavy atom. The third-order valence-corrected chi connectivity index (χ3v) is 5.85. The summed E-state index contributed by atoms with van der Waals surface area (Å²) in [4.78, 5) is 27.5. The van der Waals surface area contributed by atoms with Gasteiger partial charge in [-0.2, -0.15) is 0 Å². The van der Waals surface area contributed by atoms with Gasteiger partial charge in [0.1, 0.15) is 5.69 Å². The van der Waals surface area contributed by atoms with Gasteiger partial charge in [0.2, 0.25) is 0 Å². The van der Waals surface area contributed by atoms with Crippen molar-refractivity contribution in [1.82, 2.24) is 4.57 Å². The van der Waals surface area contributed by atoms with Crippen LogP contribution in [0, 0.1) is 11.8 Å². The summed E-state index contributed by atoms with van der Waals surface area (Å²) in [6, 6.07) is 13.4. The fraction of sp³-hybridized carbons (Fsp3) is 0.333. The van der Waals surface area contributed by atoms with Crippen LogP contribution in [0.1, 0.15) is 38.2 Å². The van der Waals surface area contributed by atoms with Crippen LogP contribution in [0.4, 0.5) is 21.9 Å². The molecule has 2 N–H and O–H groups in total. The number of halogens is 2. The average molecular weight is 531 g/mol. The average Bonchev–Trinajstić information content (AvgIpc) is 3.29. The molecule has 3 rings (SSSR count). The molecular formula is C27H32Cl2N4O3. The maximum atomic E-state index is 13.0. The van der Waals surface area contributed by atoms with Crippen molar-refractivity contribution in [2.45, 2.75) is 27.7 Å². The number of rotatable bonds is 9. The molecule has 0 bridgehead atoms. The van der Waals surface area contributed by atoms with Gasteiger partial charge in [-0.3, -0.25) is 0 Å². The predicted octanol–water partition coefficient (Wildman–Crippen LogP) is 7.33. The second-order valence-corrected chi connectivity index (χ2v) is 10.2. The van der Waals surface area contributed by atoms with Gasteiger partial charge in [-0.25, -0.2) is 9.59 Å². The van der Waals surface area contributed by atoms with Crippen molar-refractivity contribution in [3.63, 3.8) is 0 Å². The van der Waals surface area contributed by atoms with E-state index in [-0.39, 0.29) is 0 Å². The van der Waals surface area contributed by atoms with E-state index in [1.807, 2.05) is 6.07 Å². The number of carbonyl (C=O) groups is 2. The number of hydrogen-bond donors (Lipinski definition) is 2. The zero-order valence-electron chi connectivity index (χ0n) is 21.1. The molecule has 36 heavy (non-hydrogen) atoms. The minimum absolute atomic E-state index is 0.346. The zero-order valence-corrected chi connectivity index (χ0v) is 22.7. The van der Waals surface area contributed by atoms with Crippen molar-refractivity contribution in [2.75, 3.05) is 35.7 Å². The van der Waals surface area contributed by atoms with E-state index >= 15 is 0 Å². The molecule has 0 aliphatic heterocycles. The highest BCUT2D eigenvalue weighted by atomic mass is 35.5. The van der Waals surface area contributed by atoms with Gasteiger partial charge < -0.3 is 24.8 Å². The van der Waals surface area contributed by atoms with Crippen LogP contribution < -0.4 is 15.5 Å². The molecule has 1 heterocycles. The lowest BCUT2D eigenvalue weighted by Crippen LogP contribution is -2.33. The first-order valence-electron chi connectivity index (χ1n) is 11.8. The first kappa shape index (κ1) is 27.4. The van der Waals surface area contributed by atoms with Gasteiger partial charge in [0, 0.05) is 35.7 Å². The number of nitrogens with zero attached hydrogens (tertiary/aromatic N) is 2. The van der Waals surface area contributed by atoms with Crippen molar-refractivity contribution >= 4 is 52.3 Å². The minimum Gasteiger partial charge on any atom is -0.464 e. The molecule has 0 aliphatic carbocycles. The Kier molecular flexibility index (Phi) is 9.29. The van der Waals surface area contributed by atoms with Crippen molar-refractivity contribution in [3.05, 3.63) is 70.5 Å². The Morgan fingerprint density at radius 2 is 1.61 bits per heavy atom. The highest BCUT2D eigenvalue weighted by molar-refractivity contribution is 6.34. The SMILES string of the molecule is COC(=O)c1cccn1-c1cc(Cl)c(N(CC(C)C)CC(C)C)c(NC(=O)Nc2ccc(Cl)cc2)c1. The fourth-order valence-corrected chi connectivity index (χ4v) is 4.43. The Hall–Kier alpha value is -3.16. The fourth-order valence-electron chi connectivity index (χ4n) is 3.97. The first-order chi connectivity index (χ1) is 17.1. The normalized spacial score (nSPS) is 11.0. The monoisotopic (exact) mass is 530 g/mol. The zero-order chi connectivity index (χ0) is 26.4. The summed E-state index contributed by atoms with van der Waals surface area (Å²) in [5, 5.41) is 6.83. The van der Waals surface area contributed by atoms with E-state index in [4.69, 9.17) is 27.9 Å². The number of benzene rings is 2. The topological polar surface area (TPSA) is 75.6 Å². The third-order valence-electron chi connectivity index (χ3n) is 5.31. The summed E-state index contributed by atoms with van der Waals surface area (Å²) in [7, 11) is 1.33. The summed E-state index contributed by atoms with van der Waals surface area (Å²) in [6.07, 6.45) is 1.75. The molecule has 0 fully saturated rings. The third kappa shape index (κ3) is 6.95. The van der Waals surface area contributed by atoms with Crippen molar-refractivity contribution in [3.8, 4) is 5.69 Å². The number of aromatic nitrogens is 1. The number of esters is 1. The number of hydrogen-bond acceptors (Lipinski definition) is 4. The van der Waals surface area contributed by atoms with Crippen LogP contribution in [-0.4, -0.2) is 36.8 Å². The lowest BCUT2D eigenvalue weighted by molar-refractivity contribution is 0.0591. The number of methoxy groups -OCH3 is 1. The van der Waals surface area contributed by atoms with E-state index in [0.29, 0.717) is 44.6 Å². The molecule has 0 aliphatic rings. The van der Waals surface area contributed by atoms with Crippen molar-refractivity contribution in [1.29, 1.82) is 0 Å². The maximum Gasteiger partial charge on any atom is 0.355 e. The quantitative estimate of drug-likeness (QED) is 0.284. The molecular weight excluding hydrogens is 499 g/mol. The number of urea groups is 1.